The number of para-hydroxylation sites is 1. The summed E-state index contributed by atoms with van der Waals surface area (Å²) in [6, 6.07) is 12.5. The zero-order chi connectivity index (χ0) is 22.0. The van der Waals surface area contributed by atoms with Crippen molar-refractivity contribution in [3.8, 4) is 0 Å². The van der Waals surface area contributed by atoms with Crippen LogP contribution in [0, 0.1) is 0 Å². The highest BCUT2D eigenvalue weighted by Gasteiger charge is 2.36. The van der Waals surface area contributed by atoms with Gasteiger partial charge in [0.25, 0.3) is 5.91 Å². The van der Waals surface area contributed by atoms with Gasteiger partial charge in [0, 0.05) is 26.2 Å². The first-order chi connectivity index (χ1) is 14.8. The third kappa shape index (κ3) is 4.85. The zero-order valence-electron chi connectivity index (χ0n) is 16.3. The second-order valence-electron chi connectivity index (χ2n) is 6.95. The number of hydrogen-bond donors (Lipinski definition) is 0. The van der Waals surface area contributed by atoms with Crippen LogP contribution in [0.3, 0.4) is 0 Å². The molecule has 2 amide bonds. The van der Waals surface area contributed by atoms with Gasteiger partial charge in [-0.15, -0.1) is 11.3 Å². The summed E-state index contributed by atoms with van der Waals surface area (Å²) in [4.78, 5) is 32.7. The predicted octanol–water partition coefficient (Wildman–Crippen LogP) is 4.39. The molecule has 2 aromatic carbocycles. The van der Waals surface area contributed by atoms with Crippen LogP contribution >= 0.6 is 23.1 Å². The van der Waals surface area contributed by atoms with Gasteiger partial charge in [-0.2, -0.15) is 13.2 Å². The van der Waals surface area contributed by atoms with Crippen LogP contribution in [0.5, 0.6) is 0 Å². The standard InChI is InChI=1S/C21H18F3N3O2S2/c22-21(23,24)15-6-2-1-5-14(15)19(29)27-11-9-26(10-12-27)18(28)13-30-20-25-16-7-3-4-8-17(16)31-20/h1-8H,9-13H2. The van der Waals surface area contributed by atoms with E-state index in [9.17, 15) is 22.8 Å². The van der Waals surface area contributed by atoms with E-state index >= 15 is 0 Å². The Kier molecular flexibility index (Phi) is 6.19. The largest absolute Gasteiger partial charge is 0.417 e. The number of fused-ring (bicyclic) bond motifs is 1. The molecule has 0 N–H and O–H groups in total. The summed E-state index contributed by atoms with van der Waals surface area (Å²) in [5.74, 6) is -0.513. The van der Waals surface area contributed by atoms with Crippen molar-refractivity contribution in [1.29, 1.82) is 0 Å². The molecular weight excluding hydrogens is 447 g/mol. The third-order valence-electron chi connectivity index (χ3n) is 4.98. The average Bonchev–Trinajstić information content (AvgIpc) is 3.19. The van der Waals surface area contributed by atoms with Crippen molar-refractivity contribution < 1.29 is 22.8 Å². The molecule has 0 spiro atoms. The zero-order valence-corrected chi connectivity index (χ0v) is 17.9. The van der Waals surface area contributed by atoms with Crippen molar-refractivity contribution >= 4 is 45.1 Å². The maximum Gasteiger partial charge on any atom is 0.417 e. The van der Waals surface area contributed by atoms with E-state index in [4.69, 9.17) is 0 Å². The molecule has 0 aliphatic carbocycles. The Bertz CT molecular complexity index is 1080. The minimum atomic E-state index is -4.60. The molecule has 0 radical (unpaired) electrons. The molecule has 162 valence electrons. The molecule has 31 heavy (non-hydrogen) atoms. The monoisotopic (exact) mass is 465 g/mol. The van der Waals surface area contributed by atoms with Gasteiger partial charge in [-0.1, -0.05) is 36.0 Å². The van der Waals surface area contributed by atoms with Gasteiger partial charge in [0.05, 0.1) is 27.1 Å². The lowest BCUT2D eigenvalue weighted by Crippen LogP contribution is -2.51. The van der Waals surface area contributed by atoms with Gasteiger partial charge >= 0.3 is 6.18 Å². The van der Waals surface area contributed by atoms with Crippen molar-refractivity contribution in [2.24, 2.45) is 0 Å². The van der Waals surface area contributed by atoms with Gasteiger partial charge in [-0.3, -0.25) is 9.59 Å². The number of carbonyl (C=O) groups is 2. The van der Waals surface area contributed by atoms with Crippen LogP contribution in [0.2, 0.25) is 0 Å². The number of rotatable bonds is 4. The second kappa shape index (κ2) is 8.88. The Morgan fingerprint density at radius 1 is 0.968 bits per heavy atom. The van der Waals surface area contributed by atoms with Crippen molar-refractivity contribution in [3.63, 3.8) is 0 Å². The first-order valence-electron chi connectivity index (χ1n) is 9.54. The second-order valence-corrected chi connectivity index (χ2v) is 9.21. The molecule has 10 heteroatoms. The van der Waals surface area contributed by atoms with E-state index in [0.29, 0.717) is 13.1 Å². The van der Waals surface area contributed by atoms with Crippen molar-refractivity contribution in [3.05, 3.63) is 59.7 Å². The number of alkyl halides is 3. The Labute approximate surface area is 184 Å². The number of thioether (sulfide) groups is 1. The number of thiazole rings is 1. The van der Waals surface area contributed by atoms with Crippen molar-refractivity contribution in [2.45, 2.75) is 10.5 Å². The van der Waals surface area contributed by atoms with Crippen molar-refractivity contribution in [1.82, 2.24) is 14.8 Å². The summed E-state index contributed by atoms with van der Waals surface area (Å²) in [5.41, 5.74) is -0.402. The molecule has 2 heterocycles. The molecule has 0 saturated carbocycles. The third-order valence-corrected chi connectivity index (χ3v) is 7.14. The summed E-state index contributed by atoms with van der Waals surface area (Å²) in [5, 5.41) is 0. The molecule has 3 aromatic rings. The van der Waals surface area contributed by atoms with Crippen LogP contribution in [-0.4, -0.2) is 58.5 Å². The summed E-state index contributed by atoms with van der Waals surface area (Å²) in [6.45, 7) is 0.976. The minimum absolute atomic E-state index is 0.0768. The molecule has 1 aliphatic heterocycles. The average molecular weight is 466 g/mol. The summed E-state index contributed by atoms with van der Waals surface area (Å²) in [6.07, 6.45) is -4.60. The fourth-order valence-corrected chi connectivity index (χ4v) is 5.34. The van der Waals surface area contributed by atoms with Gasteiger partial charge < -0.3 is 9.80 Å². The normalized spacial score (nSPS) is 14.8. The number of benzene rings is 2. The molecule has 5 nitrogen and oxygen atoms in total. The number of amides is 2. The van der Waals surface area contributed by atoms with E-state index in [1.165, 1.54) is 46.2 Å². The Hall–Kier alpha value is -2.59. The topological polar surface area (TPSA) is 53.5 Å². The molecule has 1 aromatic heterocycles. The van der Waals surface area contributed by atoms with E-state index in [0.717, 1.165) is 20.6 Å². The highest BCUT2D eigenvalue weighted by atomic mass is 32.2. The SMILES string of the molecule is O=C(CSc1nc2ccccc2s1)N1CCN(C(=O)c2ccccc2C(F)(F)F)CC1. The summed E-state index contributed by atoms with van der Waals surface area (Å²) in [7, 11) is 0. The Morgan fingerprint density at radius 2 is 1.61 bits per heavy atom. The highest BCUT2D eigenvalue weighted by Crippen LogP contribution is 2.33. The predicted molar refractivity (Wildman–Crippen MR) is 114 cm³/mol. The minimum Gasteiger partial charge on any atom is -0.338 e. The Balaban J connectivity index is 1.33. The van der Waals surface area contributed by atoms with Crippen LogP contribution in [0.15, 0.2) is 52.9 Å². The van der Waals surface area contributed by atoms with E-state index in [1.807, 2.05) is 24.3 Å². The molecule has 0 atom stereocenters. The van der Waals surface area contributed by atoms with E-state index < -0.39 is 17.6 Å². The van der Waals surface area contributed by atoms with Crippen LogP contribution in [0.4, 0.5) is 13.2 Å². The molecule has 0 bridgehead atoms. The number of hydrogen-bond acceptors (Lipinski definition) is 5. The maximum absolute atomic E-state index is 13.2. The fourth-order valence-electron chi connectivity index (χ4n) is 3.37. The molecule has 1 aliphatic rings. The lowest BCUT2D eigenvalue weighted by molar-refractivity contribution is -0.138. The molecule has 0 unspecified atom stereocenters. The van der Waals surface area contributed by atoms with Gasteiger partial charge in [0.1, 0.15) is 0 Å². The van der Waals surface area contributed by atoms with Crippen LogP contribution < -0.4 is 0 Å². The van der Waals surface area contributed by atoms with Gasteiger partial charge in [-0.25, -0.2) is 4.98 Å². The van der Waals surface area contributed by atoms with E-state index in [2.05, 4.69) is 4.98 Å². The number of nitrogens with zero attached hydrogens (tertiary/aromatic N) is 3. The maximum atomic E-state index is 13.2. The summed E-state index contributed by atoms with van der Waals surface area (Å²) < 4.78 is 41.5. The van der Waals surface area contributed by atoms with Crippen LogP contribution in [-0.2, 0) is 11.0 Å². The molecule has 4 rings (SSSR count). The first kappa shape index (κ1) is 21.6. The number of halogens is 3. The van der Waals surface area contributed by atoms with Gasteiger partial charge in [0.15, 0.2) is 4.34 Å². The first-order valence-corrected chi connectivity index (χ1v) is 11.3. The van der Waals surface area contributed by atoms with Crippen molar-refractivity contribution in [2.75, 3.05) is 31.9 Å². The van der Waals surface area contributed by atoms with Gasteiger partial charge in [-0.05, 0) is 24.3 Å². The number of aromatic nitrogens is 1. The quantitative estimate of drug-likeness (QED) is 0.537. The van der Waals surface area contributed by atoms with Crippen LogP contribution in [0.25, 0.3) is 10.2 Å². The smallest absolute Gasteiger partial charge is 0.338 e. The van der Waals surface area contributed by atoms with E-state index in [1.54, 1.807) is 4.90 Å². The van der Waals surface area contributed by atoms with Gasteiger partial charge in [0.2, 0.25) is 5.91 Å². The number of piperazine rings is 1. The number of carbonyl (C=O) groups excluding carboxylic acids is 2. The lowest BCUT2D eigenvalue weighted by Gasteiger charge is -2.35. The Morgan fingerprint density at radius 3 is 2.32 bits per heavy atom. The summed E-state index contributed by atoms with van der Waals surface area (Å²) >= 11 is 2.89. The highest BCUT2D eigenvalue weighted by molar-refractivity contribution is 8.01. The molecule has 1 saturated heterocycles. The molecular formula is C21H18F3N3O2S2. The molecule has 1 fully saturated rings. The lowest BCUT2D eigenvalue weighted by atomic mass is 10.1. The van der Waals surface area contributed by atoms with Crippen LogP contribution in [0.1, 0.15) is 15.9 Å². The van der Waals surface area contributed by atoms with E-state index in [-0.39, 0.29) is 30.3 Å². The fraction of sp³-hybridized carbons (Fsp3) is 0.286.